The van der Waals surface area contributed by atoms with E-state index in [1.54, 1.807) is 12.3 Å². The van der Waals surface area contributed by atoms with Crippen LogP contribution in [0.15, 0.2) is 64.5 Å². The predicted molar refractivity (Wildman–Crippen MR) is 151 cm³/mol. The lowest BCUT2D eigenvalue weighted by molar-refractivity contribution is 0.0947. The van der Waals surface area contributed by atoms with Crippen LogP contribution in [0.4, 0.5) is 4.39 Å². The van der Waals surface area contributed by atoms with Gasteiger partial charge in [0.05, 0.1) is 22.5 Å². The van der Waals surface area contributed by atoms with E-state index in [-0.39, 0.29) is 11.9 Å². The van der Waals surface area contributed by atoms with Gasteiger partial charge in [-0.25, -0.2) is 4.39 Å². The van der Waals surface area contributed by atoms with Crippen molar-refractivity contribution in [2.75, 3.05) is 26.2 Å². The quantitative estimate of drug-likeness (QED) is 0.264. The first-order chi connectivity index (χ1) is 19.1. The minimum absolute atomic E-state index is 0.205. The highest BCUT2D eigenvalue weighted by Gasteiger charge is 2.25. The zero-order valence-electron chi connectivity index (χ0n) is 21.5. The van der Waals surface area contributed by atoms with Crippen LogP contribution in [0.5, 0.6) is 5.75 Å². The van der Waals surface area contributed by atoms with Crippen LogP contribution in [-0.4, -0.2) is 58.3 Å². The molecule has 200 valence electrons. The first kappa shape index (κ1) is 25.6. The Morgan fingerprint density at radius 1 is 1.13 bits per heavy atom. The molecule has 0 spiro atoms. The zero-order valence-corrected chi connectivity index (χ0v) is 22.3. The van der Waals surface area contributed by atoms with Gasteiger partial charge in [-0.2, -0.15) is 5.10 Å². The summed E-state index contributed by atoms with van der Waals surface area (Å²) in [5.74, 6) is 0.155. The van der Waals surface area contributed by atoms with Crippen molar-refractivity contribution in [3.05, 3.63) is 77.5 Å². The molecule has 0 atom stereocenters. The lowest BCUT2D eigenvalue weighted by Gasteiger charge is -2.14. The van der Waals surface area contributed by atoms with Crippen LogP contribution in [0, 0.1) is 5.82 Å². The summed E-state index contributed by atoms with van der Waals surface area (Å²) in [5, 5.41) is 11.5. The van der Waals surface area contributed by atoms with Crippen LogP contribution in [0.1, 0.15) is 47.4 Å². The Hall–Kier alpha value is -3.69. The second-order valence-corrected chi connectivity index (χ2v) is 11.1. The third-order valence-electron chi connectivity index (χ3n) is 6.93. The van der Waals surface area contributed by atoms with Gasteiger partial charge in [-0.05, 0) is 93.4 Å². The number of ether oxygens (including phenoxy) is 1. The molecular weight excluding hydrogens is 513 g/mol. The number of hydrogen-bond donors (Lipinski definition) is 2. The molecule has 6 rings (SSSR count). The van der Waals surface area contributed by atoms with Crippen LogP contribution in [0.2, 0.25) is 0 Å². The van der Waals surface area contributed by atoms with Gasteiger partial charge >= 0.3 is 0 Å². The topological polar surface area (TPSA) is 83.1 Å². The zero-order chi connectivity index (χ0) is 26.6. The van der Waals surface area contributed by atoms with Crippen LogP contribution >= 0.6 is 11.8 Å². The molecule has 7 nitrogen and oxygen atoms in total. The number of likely N-dealkylation sites (tertiary alicyclic amines) is 1. The van der Waals surface area contributed by atoms with Crippen molar-refractivity contribution in [3.63, 3.8) is 0 Å². The lowest BCUT2D eigenvalue weighted by atomic mass is 10.2. The maximum Gasteiger partial charge on any atom is 0.252 e. The molecule has 9 heteroatoms. The summed E-state index contributed by atoms with van der Waals surface area (Å²) in [4.78, 5) is 21.2. The monoisotopic (exact) mass is 543 g/mol. The van der Waals surface area contributed by atoms with Crippen LogP contribution in [-0.2, 0) is 0 Å². The molecule has 1 saturated carbocycles. The fourth-order valence-corrected chi connectivity index (χ4v) is 5.63. The maximum absolute atomic E-state index is 13.9. The van der Waals surface area contributed by atoms with Gasteiger partial charge in [0.1, 0.15) is 18.2 Å². The first-order valence-corrected chi connectivity index (χ1v) is 14.2. The SMILES string of the molecule is O=C(NC1CC1)c1cc(F)ccc1Sc1ccc2c(/C=C/c3cc(OCCN4CCCC4)ccn3)n[nH]c2c1. The standard InChI is InChI=1S/C30H30FN5O2S/c31-20-3-10-29(26(17-20)30(37)33-21-4-5-21)39-24-7-8-25-27(34-35-28(25)19-24)9-6-22-18-23(11-12-32-22)38-16-15-36-13-1-2-14-36/h3,6-12,17-19,21H,1-2,4-5,13-16H2,(H,33,37)(H,34,35)/b9-6+. The number of hydrogen-bond acceptors (Lipinski definition) is 6. The average Bonchev–Trinajstić information content (AvgIpc) is 3.43. The number of carbonyl (C=O) groups excluding carboxylic acids is 1. The summed E-state index contributed by atoms with van der Waals surface area (Å²) in [6.45, 7) is 3.94. The summed E-state index contributed by atoms with van der Waals surface area (Å²) in [7, 11) is 0. The Bertz CT molecular complexity index is 1510. The molecule has 2 fully saturated rings. The number of carbonyl (C=O) groups is 1. The van der Waals surface area contributed by atoms with Gasteiger partial charge in [-0.15, -0.1) is 0 Å². The molecule has 0 unspecified atom stereocenters. The number of H-pyrrole nitrogens is 1. The summed E-state index contributed by atoms with van der Waals surface area (Å²) in [5.41, 5.74) is 2.83. The molecule has 1 aliphatic heterocycles. The highest BCUT2D eigenvalue weighted by molar-refractivity contribution is 7.99. The second-order valence-electron chi connectivity index (χ2n) is 9.95. The highest BCUT2D eigenvalue weighted by Crippen LogP contribution is 2.34. The molecule has 2 aromatic heterocycles. The van der Waals surface area contributed by atoms with Crippen molar-refractivity contribution in [2.45, 2.75) is 41.5 Å². The van der Waals surface area contributed by atoms with Crippen molar-refractivity contribution in [3.8, 4) is 5.75 Å². The van der Waals surface area contributed by atoms with E-state index in [0.717, 1.165) is 65.4 Å². The number of nitrogens with one attached hydrogen (secondary N) is 2. The third kappa shape index (κ3) is 6.49. The molecule has 4 aromatic rings. The third-order valence-corrected chi connectivity index (χ3v) is 8.00. The minimum Gasteiger partial charge on any atom is -0.492 e. The molecule has 39 heavy (non-hydrogen) atoms. The summed E-state index contributed by atoms with van der Waals surface area (Å²) in [6, 6.07) is 14.3. The van der Waals surface area contributed by atoms with Crippen molar-refractivity contribution in [1.29, 1.82) is 0 Å². The van der Waals surface area contributed by atoms with Crippen molar-refractivity contribution in [1.82, 2.24) is 25.4 Å². The van der Waals surface area contributed by atoms with Gasteiger partial charge in [0.25, 0.3) is 5.91 Å². The predicted octanol–water partition coefficient (Wildman–Crippen LogP) is 5.79. The van der Waals surface area contributed by atoms with Crippen LogP contribution in [0.25, 0.3) is 23.1 Å². The lowest BCUT2D eigenvalue weighted by Crippen LogP contribution is -2.26. The number of halogens is 1. The molecule has 2 aliphatic rings. The van der Waals surface area contributed by atoms with Gasteiger partial charge in [-0.1, -0.05) is 11.8 Å². The Labute approximate surface area is 230 Å². The van der Waals surface area contributed by atoms with Crippen LogP contribution < -0.4 is 10.1 Å². The minimum atomic E-state index is -0.422. The van der Waals surface area contributed by atoms with Gasteiger partial charge in [-0.3, -0.25) is 19.8 Å². The van der Waals surface area contributed by atoms with E-state index >= 15 is 0 Å². The molecule has 2 N–H and O–H groups in total. The van der Waals surface area contributed by atoms with Crippen LogP contribution in [0.3, 0.4) is 0 Å². The normalized spacial score (nSPS) is 15.8. The fraction of sp³-hybridized carbons (Fsp3) is 0.300. The van der Waals surface area contributed by atoms with E-state index in [0.29, 0.717) is 17.1 Å². The van der Waals surface area contributed by atoms with Gasteiger partial charge < -0.3 is 10.1 Å². The van der Waals surface area contributed by atoms with E-state index in [1.165, 1.54) is 36.7 Å². The number of fused-ring (bicyclic) bond motifs is 1. The molecule has 2 aromatic carbocycles. The van der Waals surface area contributed by atoms with E-state index in [4.69, 9.17) is 4.74 Å². The molecule has 3 heterocycles. The van der Waals surface area contributed by atoms with E-state index in [1.807, 2.05) is 42.5 Å². The van der Waals surface area contributed by atoms with Crippen molar-refractivity contribution < 1.29 is 13.9 Å². The number of rotatable bonds is 10. The van der Waals surface area contributed by atoms with Crippen molar-refractivity contribution in [2.24, 2.45) is 0 Å². The fourth-order valence-electron chi connectivity index (χ4n) is 4.67. The molecule has 1 aliphatic carbocycles. The molecule has 0 bridgehead atoms. The smallest absolute Gasteiger partial charge is 0.252 e. The highest BCUT2D eigenvalue weighted by atomic mass is 32.2. The summed E-state index contributed by atoms with van der Waals surface area (Å²) in [6.07, 6.45) is 10.1. The van der Waals surface area contributed by atoms with Gasteiger partial charge in [0.15, 0.2) is 0 Å². The average molecular weight is 544 g/mol. The first-order valence-electron chi connectivity index (χ1n) is 13.4. The summed E-state index contributed by atoms with van der Waals surface area (Å²) >= 11 is 1.43. The van der Waals surface area contributed by atoms with E-state index < -0.39 is 5.82 Å². The van der Waals surface area contributed by atoms with E-state index in [9.17, 15) is 9.18 Å². The largest absolute Gasteiger partial charge is 0.492 e. The molecular formula is C30H30FN5O2S. The number of aromatic nitrogens is 3. The number of amides is 1. The molecule has 1 amide bonds. The Kier molecular flexibility index (Phi) is 7.60. The van der Waals surface area contributed by atoms with Crippen molar-refractivity contribution >= 4 is 40.7 Å². The number of aromatic amines is 1. The number of benzene rings is 2. The van der Waals surface area contributed by atoms with E-state index in [2.05, 4.69) is 25.4 Å². The Morgan fingerprint density at radius 2 is 2.00 bits per heavy atom. The second kappa shape index (κ2) is 11.6. The Balaban J connectivity index is 1.13. The molecule has 1 saturated heterocycles. The molecule has 0 radical (unpaired) electrons. The number of pyridine rings is 1. The Morgan fingerprint density at radius 3 is 2.85 bits per heavy atom. The summed E-state index contributed by atoms with van der Waals surface area (Å²) < 4.78 is 19.9. The maximum atomic E-state index is 13.9. The number of nitrogens with zero attached hydrogens (tertiary/aromatic N) is 3. The van der Waals surface area contributed by atoms with Gasteiger partial charge in [0, 0.05) is 40.0 Å². The van der Waals surface area contributed by atoms with Gasteiger partial charge in [0.2, 0.25) is 0 Å².